The van der Waals surface area contributed by atoms with E-state index in [4.69, 9.17) is 0 Å². The summed E-state index contributed by atoms with van der Waals surface area (Å²) in [6.45, 7) is 4.38. The minimum atomic E-state index is -3.53. The maximum absolute atomic E-state index is 12.9. The number of anilines is 1. The molecule has 3 rings (SSSR count). The molecule has 1 aliphatic heterocycles. The molecule has 1 fully saturated rings. The quantitative estimate of drug-likeness (QED) is 0.894. The van der Waals surface area contributed by atoms with E-state index in [0.717, 1.165) is 11.1 Å². The Balaban J connectivity index is 1.66. The van der Waals surface area contributed by atoms with E-state index in [0.29, 0.717) is 36.5 Å². The fourth-order valence-electron chi connectivity index (χ4n) is 3.16. The number of carbonyl (C=O) groups is 1. The number of amides is 1. The van der Waals surface area contributed by atoms with Gasteiger partial charge in [-0.25, -0.2) is 8.42 Å². The molecule has 0 aliphatic carbocycles. The van der Waals surface area contributed by atoms with E-state index in [1.54, 1.807) is 37.5 Å². The molecule has 0 saturated carbocycles. The van der Waals surface area contributed by atoms with Gasteiger partial charge in [-0.2, -0.15) is 4.31 Å². The topological polar surface area (TPSA) is 79.4 Å². The van der Waals surface area contributed by atoms with Crippen LogP contribution in [0.2, 0.25) is 0 Å². The number of benzene rings is 1. The molecule has 2 aromatic rings. The number of rotatable bonds is 4. The van der Waals surface area contributed by atoms with Gasteiger partial charge in [-0.15, -0.1) is 0 Å². The summed E-state index contributed by atoms with van der Waals surface area (Å²) in [7, 11) is -3.53. The minimum Gasteiger partial charge on any atom is -0.324 e. The number of sulfonamides is 1. The minimum absolute atomic E-state index is 0.0817. The van der Waals surface area contributed by atoms with Gasteiger partial charge in [0.15, 0.2) is 0 Å². The third-order valence-electron chi connectivity index (χ3n) is 4.72. The molecule has 6 nitrogen and oxygen atoms in total. The first kappa shape index (κ1) is 18.5. The van der Waals surface area contributed by atoms with Crippen LogP contribution in [-0.2, 0) is 14.8 Å². The Morgan fingerprint density at radius 3 is 2.58 bits per heavy atom. The summed E-state index contributed by atoms with van der Waals surface area (Å²) in [5.74, 6) is -0.276. The van der Waals surface area contributed by atoms with Crippen LogP contribution >= 0.6 is 0 Å². The number of piperidine rings is 1. The monoisotopic (exact) mass is 373 g/mol. The Labute approximate surface area is 154 Å². The second-order valence-electron chi connectivity index (χ2n) is 6.68. The molecular formula is C19H23N3O3S. The Morgan fingerprint density at radius 1 is 1.19 bits per heavy atom. The van der Waals surface area contributed by atoms with Crippen molar-refractivity contribution in [1.29, 1.82) is 0 Å². The largest absolute Gasteiger partial charge is 0.324 e. The van der Waals surface area contributed by atoms with Crippen LogP contribution < -0.4 is 5.32 Å². The summed E-state index contributed by atoms with van der Waals surface area (Å²) in [6, 6.07) is 8.99. The number of pyridine rings is 1. The number of nitrogens with one attached hydrogen (secondary N) is 1. The summed E-state index contributed by atoms with van der Waals surface area (Å²) in [6.07, 6.45) is 4.26. The van der Waals surface area contributed by atoms with E-state index in [-0.39, 0.29) is 11.8 Å². The van der Waals surface area contributed by atoms with Gasteiger partial charge in [-0.05, 0) is 56.0 Å². The van der Waals surface area contributed by atoms with Crippen LogP contribution in [0.15, 0.2) is 47.6 Å². The number of hydrogen-bond donors (Lipinski definition) is 1. The molecular weight excluding hydrogens is 350 g/mol. The van der Waals surface area contributed by atoms with E-state index >= 15 is 0 Å². The first-order valence-corrected chi connectivity index (χ1v) is 10.1. The van der Waals surface area contributed by atoms with Crippen LogP contribution in [0, 0.1) is 19.8 Å². The van der Waals surface area contributed by atoms with Gasteiger partial charge in [0.05, 0.1) is 16.8 Å². The maximum Gasteiger partial charge on any atom is 0.243 e. The van der Waals surface area contributed by atoms with Crippen LogP contribution in [0.3, 0.4) is 0 Å². The lowest BCUT2D eigenvalue weighted by molar-refractivity contribution is -0.120. The standard InChI is InChI=1S/C19H23N3O3S/c1-14-5-6-15(2)18(12-14)26(24,25)22-10-7-16(8-11-22)19(23)21-17-4-3-9-20-13-17/h3-6,9,12-13,16H,7-8,10-11H2,1-2H3,(H,21,23). The zero-order chi connectivity index (χ0) is 18.7. The van der Waals surface area contributed by atoms with Crippen LogP contribution in [0.1, 0.15) is 24.0 Å². The average Bonchev–Trinajstić information content (AvgIpc) is 2.64. The van der Waals surface area contributed by atoms with Crippen molar-refractivity contribution in [1.82, 2.24) is 9.29 Å². The molecule has 0 radical (unpaired) electrons. The van der Waals surface area contributed by atoms with Gasteiger partial charge in [0.25, 0.3) is 0 Å². The highest BCUT2D eigenvalue weighted by molar-refractivity contribution is 7.89. The van der Waals surface area contributed by atoms with Gasteiger partial charge in [-0.3, -0.25) is 9.78 Å². The Kier molecular flexibility index (Phi) is 5.38. The van der Waals surface area contributed by atoms with Crippen LogP contribution in [0.5, 0.6) is 0 Å². The third kappa shape index (κ3) is 3.94. The van der Waals surface area contributed by atoms with Crippen molar-refractivity contribution in [3.63, 3.8) is 0 Å². The van der Waals surface area contributed by atoms with E-state index in [1.807, 2.05) is 19.1 Å². The van der Waals surface area contributed by atoms with Gasteiger partial charge >= 0.3 is 0 Å². The fourth-order valence-corrected chi connectivity index (χ4v) is 4.94. The highest BCUT2D eigenvalue weighted by Crippen LogP contribution is 2.27. The molecule has 2 heterocycles. The number of aryl methyl sites for hydroxylation is 2. The summed E-state index contributed by atoms with van der Waals surface area (Å²) in [4.78, 5) is 16.7. The van der Waals surface area contributed by atoms with Gasteiger partial charge in [-0.1, -0.05) is 12.1 Å². The molecule has 0 spiro atoms. The van der Waals surface area contributed by atoms with Crippen LogP contribution in [0.25, 0.3) is 0 Å². The highest BCUT2D eigenvalue weighted by Gasteiger charge is 2.32. The molecule has 26 heavy (non-hydrogen) atoms. The van der Waals surface area contributed by atoms with Crippen molar-refractivity contribution in [3.05, 3.63) is 53.9 Å². The SMILES string of the molecule is Cc1ccc(C)c(S(=O)(=O)N2CCC(C(=O)Nc3cccnc3)CC2)c1. The lowest BCUT2D eigenvalue weighted by Gasteiger charge is -2.31. The van der Waals surface area contributed by atoms with E-state index < -0.39 is 10.0 Å². The van der Waals surface area contributed by atoms with Gasteiger partial charge in [0, 0.05) is 25.2 Å². The lowest BCUT2D eigenvalue weighted by Crippen LogP contribution is -2.41. The summed E-state index contributed by atoms with van der Waals surface area (Å²) in [5, 5.41) is 2.84. The van der Waals surface area contributed by atoms with Crippen molar-refractivity contribution >= 4 is 21.6 Å². The third-order valence-corrected chi connectivity index (χ3v) is 6.76. The van der Waals surface area contributed by atoms with Crippen molar-refractivity contribution in [2.45, 2.75) is 31.6 Å². The fraction of sp³-hybridized carbons (Fsp3) is 0.368. The normalized spacial score (nSPS) is 16.4. The molecule has 7 heteroatoms. The Morgan fingerprint density at radius 2 is 1.92 bits per heavy atom. The molecule has 1 aromatic carbocycles. The zero-order valence-corrected chi connectivity index (χ0v) is 15.8. The summed E-state index contributed by atoms with van der Waals surface area (Å²) >= 11 is 0. The zero-order valence-electron chi connectivity index (χ0n) is 15.0. The number of hydrogen-bond acceptors (Lipinski definition) is 4. The lowest BCUT2D eigenvalue weighted by atomic mass is 9.97. The highest BCUT2D eigenvalue weighted by atomic mass is 32.2. The molecule has 1 aromatic heterocycles. The van der Waals surface area contributed by atoms with E-state index in [1.165, 1.54) is 4.31 Å². The van der Waals surface area contributed by atoms with Gasteiger partial charge in [0.2, 0.25) is 15.9 Å². The predicted molar refractivity (Wildman–Crippen MR) is 100 cm³/mol. The first-order chi connectivity index (χ1) is 12.4. The van der Waals surface area contributed by atoms with Crippen molar-refractivity contribution < 1.29 is 13.2 Å². The Bertz CT molecular complexity index is 890. The van der Waals surface area contributed by atoms with Gasteiger partial charge < -0.3 is 5.32 Å². The number of aromatic nitrogens is 1. The molecule has 138 valence electrons. The molecule has 1 amide bonds. The van der Waals surface area contributed by atoms with E-state index in [9.17, 15) is 13.2 Å². The van der Waals surface area contributed by atoms with E-state index in [2.05, 4.69) is 10.3 Å². The van der Waals surface area contributed by atoms with Crippen molar-refractivity contribution in [2.75, 3.05) is 18.4 Å². The average molecular weight is 373 g/mol. The number of carbonyl (C=O) groups excluding carboxylic acids is 1. The number of nitrogens with zero attached hydrogens (tertiary/aromatic N) is 2. The first-order valence-electron chi connectivity index (χ1n) is 8.66. The van der Waals surface area contributed by atoms with Crippen LogP contribution in [-0.4, -0.2) is 36.7 Å². The van der Waals surface area contributed by atoms with Crippen molar-refractivity contribution in [3.8, 4) is 0 Å². The summed E-state index contributed by atoms with van der Waals surface area (Å²) in [5.41, 5.74) is 2.31. The molecule has 1 N–H and O–H groups in total. The second-order valence-corrected chi connectivity index (χ2v) is 8.58. The Hall–Kier alpha value is -2.25. The smallest absolute Gasteiger partial charge is 0.243 e. The van der Waals surface area contributed by atoms with Gasteiger partial charge in [0.1, 0.15) is 0 Å². The molecule has 0 bridgehead atoms. The molecule has 1 aliphatic rings. The summed E-state index contributed by atoms with van der Waals surface area (Å²) < 4.78 is 27.4. The van der Waals surface area contributed by atoms with Crippen molar-refractivity contribution in [2.24, 2.45) is 5.92 Å². The second kappa shape index (κ2) is 7.55. The van der Waals surface area contributed by atoms with Crippen LogP contribution in [0.4, 0.5) is 5.69 Å². The molecule has 0 unspecified atom stereocenters. The molecule has 0 atom stereocenters. The maximum atomic E-state index is 12.9. The predicted octanol–water partition coefficient (Wildman–Crippen LogP) is 2.74. The molecule has 1 saturated heterocycles.